The van der Waals surface area contributed by atoms with Crippen molar-refractivity contribution in [3.8, 4) is 0 Å². The Labute approximate surface area is 154 Å². The first-order chi connectivity index (χ1) is 12.7. The van der Waals surface area contributed by atoms with Crippen molar-refractivity contribution < 1.29 is 14.3 Å². The minimum Gasteiger partial charge on any atom is -0.367 e. The number of anilines is 1. The molecule has 1 saturated heterocycles. The van der Waals surface area contributed by atoms with Crippen LogP contribution >= 0.6 is 0 Å². The highest BCUT2D eigenvalue weighted by Gasteiger charge is 2.24. The molecular weight excluding hydrogens is 330 g/mol. The van der Waals surface area contributed by atoms with Gasteiger partial charge in [0.2, 0.25) is 0 Å². The number of hydrogen-bond donors (Lipinski definition) is 2. The number of amides is 2. The third-order valence-electron chi connectivity index (χ3n) is 4.83. The van der Waals surface area contributed by atoms with E-state index in [1.54, 1.807) is 17.1 Å². The Hall–Kier alpha value is -2.18. The van der Waals surface area contributed by atoms with Gasteiger partial charge >= 0.3 is 0 Å². The van der Waals surface area contributed by atoms with Crippen LogP contribution in [0.1, 0.15) is 25.3 Å². The third kappa shape index (κ3) is 4.51. The van der Waals surface area contributed by atoms with Gasteiger partial charge in [-0.2, -0.15) is 0 Å². The molecule has 2 atom stereocenters. The van der Waals surface area contributed by atoms with Gasteiger partial charge < -0.3 is 20.3 Å². The van der Waals surface area contributed by atoms with E-state index in [0.717, 1.165) is 25.1 Å². The predicted molar refractivity (Wildman–Crippen MR) is 101 cm³/mol. The maximum absolute atomic E-state index is 12.6. The topological polar surface area (TPSA) is 70.7 Å². The maximum Gasteiger partial charge on any atom is 0.250 e. The molecule has 2 unspecified atom stereocenters. The zero-order valence-electron chi connectivity index (χ0n) is 15.2. The number of carbonyl (C=O) groups excluding carboxylic acids is 2. The molecule has 2 amide bonds. The molecule has 0 saturated carbocycles. The number of hydrogen-bond acceptors (Lipinski definition) is 4. The molecule has 0 aromatic heterocycles. The van der Waals surface area contributed by atoms with Crippen molar-refractivity contribution in [2.45, 2.75) is 38.3 Å². The minimum absolute atomic E-state index is 0.0463. The smallest absolute Gasteiger partial charge is 0.250 e. The fraction of sp³-hybridized carbons (Fsp3) is 0.500. The van der Waals surface area contributed by atoms with E-state index in [0.29, 0.717) is 26.1 Å². The lowest BCUT2D eigenvalue weighted by Crippen LogP contribution is -2.45. The molecule has 0 spiro atoms. The van der Waals surface area contributed by atoms with E-state index in [1.165, 1.54) is 5.56 Å². The molecule has 1 fully saturated rings. The summed E-state index contributed by atoms with van der Waals surface area (Å²) in [6.45, 7) is 4.66. The largest absolute Gasteiger partial charge is 0.367 e. The van der Waals surface area contributed by atoms with Gasteiger partial charge in [0.15, 0.2) is 0 Å². The Morgan fingerprint density at radius 1 is 1.42 bits per heavy atom. The van der Waals surface area contributed by atoms with Crippen LogP contribution in [0.3, 0.4) is 0 Å². The van der Waals surface area contributed by atoms with Crippen LogP contribution in [0.2, 0.25) is 0 Å². The first-order valence-corrected chi connectivity index (χ1v) is 9.39. The molecule has 0 aliphatic carbocycles. The quantitative estimate of drug-likeness (QED) is 0.782. The summed E-state index contributed by atoms with van der Waals surface area (Å²) in [6.07, 6.45) is 5.39. The summed E-state index contributed by atoms with van der Waals surface area (Å²) in [5.74, 6) is -0.176. The molecule has 6 heteroatoms. The average molecular weight is 357 g/mol. The Kier molecular flexibility index (Phi) is 6.41. The molecule has 0 bridgehead atoms. The number of fused-ring (bicyclic) bond motifs is 1. The van der Waals surface area contributed by atoms with Crippen molar-refractivity contribution in [3.63, 3.8) is 0 Å². The van der Waals surface area contributed by atoms with Crippen LogP contribution < -0.4 is 15.5 Å². The van der Waals surface area contributed by atoms with Crippen LogP contribution in [0.25, 0.3) is 0 Å². The highest BCUT2D eigenvalue weighted by Crippen LogP contribution is 2.27. The molecule has 6 nitrogen and oxygen atoms in total. The van der Waals surface area contributed by atoms with Crippen LogP contribution in [0, 0.1) is 0 Å². The van der Waals surface area contributed by atoms with E-state index < -0.39 is 6.10 Å². The summed E-state index contributed by atoms with van der Waals surface area (Å²) in [5, 5.41) is 6.17. The first-order valence-electron chi connectivity index (χ1n) is 9.39. The zero-order chi connectivity index (χ0) is 18.4. The second kappa shape index (κ2) is 8.96. The molecule has 3 rings (SSSR count). The Bertz CT molecular complexity index is 666. The van der Waals surface area contributed by atoms with Crippen LogP contribution in [0.15, 0.2) is 36.4 Å². The number of carbonyl (C=O) groups is 2. The van der Waals surface area contributed by atoms with Crippen LogP contribution in [0.5, 0.6) is 0 Å². The fourth-order valence-electron chi connectivity index (χ4n) is 3.30. The lowest BCUT2D eigenvalue weighted by atomic mass is 10.1. The predicted octanol–water partition coefficient (Wildman–Crippen LogP) is 1.41. The molecule has 1 aromatic rings. The second-order valence-electron chi connectivity index (χ2n) is 6.67. The van der Waals surface area contributed by atoms with E-state index in [-0.39, 0.29) is 17.9 Å². The summed E-state index contributed by atoms with van der Waals surface area (Å²) in [4.78, 5) is 26.7. The molecule has 2 N–H and O–H groups in total. The van der Waals surface area contributed by atoms with E-state index in [1.807, 2.05) is 25.1 Å². The number of benzene rings is 1. The van der Waals surface area contributed by atoms with Crippen LogP contribution in [-0.4, -0.2) is 50.2 Å². The Balaban J connectivity index is 1.57. The summed E-state index contributed by atoms with van der Waals surface area (Å²) >= 11 is 0. The first kappa shape index (κ1) is 18.6. The van der Waals surface area contributed by atoms with Gasteiger partial charge in [-0.15, -0.1) is 0 Å². The number of para-hydroxylation sites is 1. The monoisotopic (exact) mass is 357 g/mol. The normalized spacial score (nSPS) is 21.3. The van der Waals surface area contributed by atoms with E-state index in [4.69, 9.17) is 4.74 Å². The molecule has 26 heavy (non-hydrogen) atoms. The number of nitrogens with one attached hydrogen (secondary N) is 2. The second-order valence-corrected chi connectivity index (χ2v) is 6.67. The van der Waals surface area contributed by atoms with Crippen molar-refractivity contribution in [1.29, 1.82) is 0 Å². The third-order valence-corrected chi connectivity index (χ3v) is 4.83. The van der Waals surface area contributed by atoms with Crippen molar-refractivity contribution >= 4 is 17.5 Å². The molecule has 2 aliphatic rings. The van der Waals surface area contributed by atoms with Gasteiger partial charge in [-0.1, -0.05) is 31.2 Å². The standard InChI is InChI=1S/C20H27N3O3/c1-2-16(22-20(25)18-14-21-11-5-13-26-18)8-9-19(24)23-12-10-15-6-3-4-7-17(15)23/h3-4,6-9,16,18,21H,2,5,10-14H2,1H3,(H,22,25). The van der Waals surface area contributed by atoms with Gasteiger partial charge in [0, 0.05) is 37.5 Å². The van der Waals surface area contributed by atoms with Crippen LogP contribution in [-0.2, 0) is 20.7 Å². The Morgan fingerprint density at radius 3 is 3.12 bits per heavy atom. The fourth-order valence-corrected chi connectivity index (χ4v) is 3.30. The van der Waals surface area contributed by atoms with Gasteiger partial charge in [-0.25, -0.2) is 0 Å². The van der Waals surface area contributed by atoms with Crippen molar-refractivity contribution in [1.82, 2.24) is 10.6 Å². The number of rotatable bonds is 5. The highest BCUT2D eigenvalue weighted by molar-refractivity contribution is 6.03. The summed E-state index contributed by atoms with van der Waals surface area (Å²) < 4.78 is 5.58. The summed E-state index contributed by atoms with van der Waals surface area (Å²) in [5.41, 5.74) is 2.18. The van der Waals surface area contributed by atoms with E-state index >= 15 is 0 Å². The Morgan fingerprint density at radius 2 is 2.27 bits per heavy atom. The lowest BCUT2D eigenvalue weighted by Gasteiger charge is -2.19. The SMILES string of the molecule is CCC(C=CC(=O)N1CCc2ccccc21)NC(=O)C1CNCCCO1. The van der Waals surface area contributed by atoms with Crippen molar-refractivity contribution in [3.05, 3.63) is 42.0 Å². The number of nitrogens with zero attached hydrogens (tertiary/aromatic N) is 1. The summed E-state index contributed by atoms with van der Waals surface area (Å²) in [6, 6.07) is 7.79. The van der Waals surface area contributed by atoms with Crippen LogP contribution in [0.4, 0.5) is 5.69 Å². The average Bonchev–Trinajstić information content (AvgIpc) is 2.90. The molecular formula is C20H27N3O3. The zero-order valence-corrected chi connectivity index (χ0v) is 15.2. The van der Waals surface area contributed by atoms with Crippen molar-refractivity contribution in [2.75, 3.05) is 31.1 Å². The molecule has 1 aromatic carbocycles. The van der Waals surface area contributed by atoms with Gasteiger partial charge in [0.1, 0.15) is 6.10 Å². The lowest BCUT2D eigenvalue weighted by molar-refractivity contribution is -0.132. The van der Waals surface area contributed by atoms with Gasteiger partial charge in [-0.05, 0) is 37.4 Å². The minimum atomic E-state index is -0.471. The van der Waals surface area contributed by atoms with Gasteiger partial charge in [-0.3, -0.25) is 9.59 Å². The summed E-state index contributed by atoms with van der Waals surface area (Å²) in [7, 11) is 0. The molecule has 140 valence electrons. The highest BCUT2D eigenvalue weighted by atomic mass is 16.5. The van der Waals surface area contributed by atoms with Gasteiger partial charge in [0.25, 0.3) is 11.8 Å². The molecule has 2 aliphatic heterocycles. The maximum atomic E-state index is 12.6. The molecule has 2 heterocycles. The molecule has 0 radical (unpaired) electrons. The number of ether oxygens (including phenoxy) is 1. The van der Waals surface area contributed by atoms with E-state index in [9.17, 15) is 9.59 Å². The van der Waals surface area contributed by atoms with E-state index in [2.05, 4.69) is 16.7 Å². The van der Waals surface area contributed by atoms with Crippen molar-refractivity contribution in [2.24, 2.45) is 0 Å². The van der Waals surface area contributed by atoms with Gasteiger partial charge in [0.05, 0.1) is 0 Å².